The van der Waals surface area contributed by atoms with Crippen molar-refractivity contribution in [3.05, 3.63) is 70.3 Å². The van der Waals surface area contributed by atoms with Crippen LogP contribution in [0.5, 0.6) is 0 Å². The molecule has 0 spiro atoms. The molecule has 3 rings (SSSR count). The zero-order chi connectivity index (χ0) is 18.1. The third-order valence-electron chi connectivity index (χ3n) is 3.76. The van der Waals surface area contributed by atoms with Crippen molar-refractivity contribution < 1.29 is 13.2 Å². The van der Waals surface area contributed by atoms with Crippen molar-refractivity contribution in [2.75, 3.05) is 0 Å². The van der Waals surface area contributed by atoms with E-state index in [0.717, 1.165) is 9.99 Å². The SMILES string of the molecule is Cc1nnc(Cl)c(-c2c(F)cc(F)cc2F)c1-c1ccc(CI)cc1. The summed E-state index contributed by atoms with van der Waals surface area (Å²) in [6, 6.07) is 8.72. The minimum absolute atomic E-state index is 0.0615. The predicted octanol–water partition coefficient (Wildman–Crippen LogP) is 6.12. The second kappa shape index (κ2) is 7.29. The van der Waals surface area contributed by atoms with Crippen LogP contribution in [0.15, 0.2) is 36.4 Å². The van der Waals surface area contributed by atoms with Gasteiger partial charge in [-0.2, -0.15) is 5.10 Å². The maximum atomic E-state index is 14.3. The first kappa shape index (κ1) is 18.1. The van der Waals surface area contributed by atoms with Gasteiger partial charge in [-0.15, -0.1) is 5.10 Å². The Morgan fingerprint density at radius 2 is 1.52 bits per heavy atom. The Morgan fingerprint density at radius 3 is 2.08 bits per heavy atom. The molecule has 0 bridgehead atoms. The van der Waals surface area contributed by atoms with Crippen LogP contribution in [0.25, 0.3) is 22.3 Å². The minimum Gasteiger partial charge on any atom is -0.207 e. The van der Waals surface area contributed by atoms with Crippen molar-refractivity contribution in [2.24, 2.45) is 0 Å². The van der Waals surface area contributed by atoms with E-state index in [2.05, 4.69) is 32.8 Å². The molecule has 25 heavy (non-hydrogen) atoms. The van der Waals surface area contributed by atoms with Crippen LogP contribution >= 0.6 is 34.2 Å². The maximum Gasteiger partial charge on any atom is 0.160 e. The van der Waals surface area contributed by atoms with Crippen LogP contribution in [0.1, 0.15) is 11.3 Å². The first-order valence-corrected chi connectivity index (χ1v) is 9.15. The van der Waals surface area contributed by atoms with Gasteiger partial charge in [-0.1, -0.05) is 58.5 Å². The molecule has 2 nitrogen and oxygen atoms in total. The highest BCUT2D eigenvalue weighted by Crippen LogP contribution is 2.40. The highest BCUT2D eigenvalue weighted by atomic mass is 127. The quantitative estimate of drug-likeness (QED) is 0.337. The Bertz CT molecular complexity index is 923. The molecule has 1 heterocycles. The van der Waals surface area contributed by atoms with E-state index in [1.165, 1.54) is 0 Å². The molecular formula is C18H11ClF3IN2. The predicted molar refractivity (Wildman–Crippen MR) is 100 cm³/mol. The number of nitrogens with zero attached hydrogens (tertiary/aromatic N) is 2. The van der Waals surface area contributed by atoms with Gasteiger partial charge >= 0.3 is 0 Å². The summed E-state index contributed by atoms with van der Waals surface area (Å²) in [7, 11) is 0. The number of alkyl halides is 1. The van der Waals surface area contributed by atoms with Crippen LogP contribution in [-0.2, 0) is 4.43 Å². The molecule has 0 fully saturated rings. The molecule has 0 saturated carbocycles. The van der Waals surface area contributed by atoms with Crippen molar-refractivity contribution in [3.63, 3.8) is 0 Å². The standard InChI is InChI=1S/C18H11ClF3IN2/c1-9-15(11-4-2-10(8-23)3-5-11)17(18(19)25-24-9)16-13(21)6-12(20)7-14(16)22/h2-7H,8H2,1H3. The van der Waals surface area contributed by atoms with Crippen molar-refractivity contribution in [1.82, 2.24) is 10.2 Å². The normalized spacial score (nSPS) is 11.0. The molecule has 2 aromatic carbocycles. The second-order valence-corrected chi connectivity index (χ2v) is 6.52. The topological polar surface area (TPSA) is 25.8 Å². The van der Waals surface area contributed by atoms with Crippen LogP contribution in [0.4, 0.5) is 13.2 Å². The van der Waals surface area contributed by atoms with E-state index in [0.29, 0.717) is 29.0 Å². The van der Waals surface area contributed by atoms with Crippen molar-refractivity contribution in [1.29, 1.82) is 0 Å². The van der Waals surface area contributed by atoms with Crippen molar-refractivity contribution in [2.45, 2.75) is 11.4 Å². The van der Waals surface area contributed by atoms with Gasteiger partial charge in [-0.3, -0.25) is 0 Å². The van der Waals surface area contributed by atoms with Gasteiger partial charge in [0.1, 0.15) is 17.5 Å². The molecule has 128 valence electrons. The lowest BCUT2D eigenvalue weighted by Crippen LogP contribution is -2.01. The minimum atomic E-state index is -1.04. The van der Waals surface area contributed by atoms with Crippen molar-refractivity contribution in [3.8, 4) is 22.3 Å². The number of aromatic nitrogens is 2. The van der Waals surface area contributed by atoms with Crippen LogP contribution in [-0.4, -0.2) is 10.2 Å². The van der Waals surface area contributed by atoms with E-state index in [9.17, 15) is 13.2 Å². The lowest BCUT2D eigenvalue weighted by atomic mass is 9.94. The number of aryl methyl sites for hydroxylation is 1. The molecule has 3 aromatic rings. The number of rotatable bonds is 3. The summed E-state index contributed by atoms with van der Waals surface area (Å²) in [6.45, 7) is 1.67. The third-order valence-corrected chi connectivity index (χ3v) is 4.91. The molecule has 0 aliphatic rings. The summed E-state index contributed by atoms with van der Waals surface area (Å²) >= 11 is 8.37. The second-order valence-electron chi connectivity index (χ2n) is 5.40. The molecule has 0 saturated heterocycles. The highest BCUT2D eigenvalue weighted by molar-refractivity contribution is 14.1. The van der Waals surface area contributed by atoms with E-state index in [1.807, 2.05) is 24.3 Å². The molecule has 0 N–H and O–H groups in total. The van der Waals surface area contributed by atoms with Crippen LogP contribution in [0.3, 0.4) is 0 Å². The molecule has 7 heteroatoms. The zero-order valence-corrected chi connectivity index (χ0v) is 15.9. The maximum absolute atomic E-state index is 14.3. The van der Waals surface area contributed by atoms with E-state index >= 15 is 0 Å². The summed E-state index contributed by atoms with van der Waals surface area (Å²) in [5.41, 5.74) is 2.37. The Balaban J connectivity index is 2.33. The van der Waals surface area contributed by atoms with E-state index in [1.54, 1.807) is 6.92 Å². The molecular weight excluding hydrogens is 464 g/mol. The van der Waals surface area contributed by atoms with E-state index in [-0.39, 0.29) is 10.7 Å². The largest absolute Gasteiger partial charge is 0.207 e. The van der Waals surface area contributed by atoms with Gasteiger partial charge in [0.05, 0.1) is 11.3 Å². The number of hydrogen-bond donors (Lipinski definition) is 0. The van der Waals surface area contributed by atoms with E-state index < -0.39 is 23.0 Å². The summed E-state index contributed by atoms with van der Waals surface area (Å²) in [5, 5.41) is 7.57. The van der Waals surface area contributed by atoms with Crippen LogP contribution < -0.4 is 0 Å². The van der Waals surface area contributed by atoms with Gasteiger partial charge in [0.15, 0.2) is 5.15 Å². The number of hydrogen-bond acceptors (Lipinski definition) is 2. The average Bonchev–Trinajstić information content (AvgIpc) is 2.57. The molecule has 1 aromatic heterocycles. The first-order valence-electron chi connectivity index (χ1n) is 7.25. The summed E-state index contributed by atoms with van der Waals surface area (Å²) in [4.78, 5) is 0. The lowest BCUT2D eigenvalue weighted by molar-refractivity contribution is 0.548. The third kappa shape index (κ3) is 3.50. The highest BCUT2D eigenvalue weighted by Gasteiger charge is 2.23. The summed E-state index contributed by atoms with van der Waals surface area (Å²) < 4.78 is 42.8. The molecule has 0 atom stereocenters. The monoisotopic (exact) mass is 474 g/mol. The van der Waals surface area contributed by atoms with E-state index in [4.69, 9.17) is 11.6 Å². The Morgan fingerprint density at radius 1 is 0.920 bits per heavy atom. The molecule has 0 aliphatic heterocycles. The smallest absolute Gasteiger partial charge is 0.160 e. The van der Waals surface area contributed by atoms with Crippen LogP contribution in [0.2, 0.25) is 5.15 Å². The van der Waals surface area contributed by atoms with Gasteiger partial charge < -0.3 is 0 Å². The average molecular weight is 475 g/mol. The number of benzene rings is 2. The molecule has 0 aliphatic carbocycles. The Labute approximate surface area is 161 Å². The van der Waals surface area contributed by atoms with Crippen molar-refractivity contribution >= 4 is 34.2 Å². The van der Waals surface area contributed by atoms with Gasteiger partial charge in [-0.05, 0) is 18.1 Å². The fourth-order valence-electron chi connectivity index (χ4n) is 2.63. The van der Waals surface area contributed by atoms with Crippen LogP contribution in [0, 0.1) is 24.4 Å². The van der Waals surface area contributed by atoms with Gasteiger partial charge in [0.25, 0.3) is 0 Å². The van der Waals surface area contributed by atoms with Gasteiger partial charge in [0, 0.05) is 27.7 Å². The first-order chi connectivity index (χ1) is 11.9. The summed E-state index contributed by atoms with van der Waals surface area (Å²) in [5.74, 6) is -3.09. The zero-order valence-electron chi connectivity index (χ0n) is 13.0. The fourth-order valence-corrected chi connectivity index (χ4v) is 3.36. The molecule has 0 unspecified atom stereocenters. The fraction of sp³-hybridized carbons (Fsp3) is 0.111. The molecule has 0 radical (unpaired) electrons. The molecule has 0 amide bonds. The lowest BCUT2D eigenvalue weighted by Gasteiger charge is -2.15. The van der Waals surface area contributed by atoms with Gasteiger partial charge in [-0.25, -0.2) is 13.2 Å². The Hall–Kier alpha value is -1.67. The van der Waals surface area contributed by atoms with Gasteiger partial charge in [0.2, 0.25) is 0 Å². The Kier molecular flexibility index (Phi) is 5.29. The summed E-state index contributed by atoms with van der Waals surface area (Å²) in [6.07, 6.45) is 0. The number of halogens is 5.